The maximum atomic E-state index is 11.0. The van der Waals surface area contributed by atoms with Gasteiger partial charge in [-0.15, -0.1) is 0 Å². The van der Waals surface area contributed by atoms with Gasteiger partial charge >= 0.3 is 0 Å². The van der Waals surface area contributed by atoms with E-state index in [-0.39, 0.29) is 0 Å². The Morgan fingerprint density at radius 1 is 1.47 bits per heavy atom. The molecule has 1 aromatic rings. The van der Waals surface area contributed by atoms with Gasteiger partial charge in [-0.2, -0.15) is 0 Å². The van der Waals surface area contributed by atoms with Gasteiger partial charge in [0.25, 0.3) is 0 Å². The third-order valence-corrected chi connectivity index (χ3v) is 3.24. The molecule has 0 saturated heterocycles. The predicted molar refractivity (Wildman–Crippen MR) is 72.1 cm³/mol. The molecule has 1 aromatic carbocycles. The van der Waals surface area contributed by atoms with Crippen molar-refractivity contribution in [2.75, 3.05) is 12.8 Å². The van der Waals surface area contributed by atoms with Crippen molar-refractivity contribution in [2.45, 2.75) is 39.3 Å². The Bertz CT molecular complexity index is 376. The molecular formula is C14H22N2O. The minimum absolute atomic E-state index is 0.499. The smallest absolute Gasteiger partial charge is 0.150 e. The standard InChI is InChI=1S/C14H22N2O/c1-4-6-11(2)16(3)9-13-12(10-17)7-5-8-14(13)15/h5,7-8,10-11H,4,6,9,15H2,1-3H3. The van der Waals surface area contributed by atoms with E-state index in [9.17, 15) is 4.79 Å². The number of hydrogen-bond acceptors (Lipinski definition) is 3. The molecule has 0 saturated carbocycles. The van der Waals surface area contributed by atoms with Gasteiger partial charge in [0.1, 0.15) is 6.29 Å². The highest BCUT2D eigenvalue weighted by molar-refractivity contribution is 5.80. The molecule has 3 nitrogen and oxygen atoms in total. The van der Waals surface area contributed by atoms with Crippen LogP contribution < -0.4 is 5.73 Å². The van der Waals surface area contributed by atoms with E-state index in [1.54, 1.807) is 0 Å². The van der Waals surface area contributed by atoms with Gasteiger partial charge in [0.15, 0.2) is 0 Å². The van der Waals surface area contributed by atoms with Crippen molar-refractivity contribution in [1.29, 1.82) is 0 Å². The van der Waals surface area contributed by atoms with Crippen LogP contribution in [0.2, 0.25) is 0 Å². The Kier molecular flexibility index (Phi) is 5.16. The fourth-order valence-corrected chi connectivity index (χ4v) is 1.96. The molecule has 0 aliphatic carbocycles. The van der Waals surface area contributed by atoms with E-state index in [0.717, 1.165) is 31.2 Å². The molecule has 17 heavy (non-hydrogen) atoms. The Morgan fingerprint density at radius 3 is 2.76 bits per heavy atom. The van der Waals surface area contributed by atoms with Crippen molar-refractivity contribution in [3.05, 3.63) is 29.3 Å². The first-order valence-corrected chi connectivity index (χ1v) is 6.12. The summed E-state index contributed by atoms with van der Waals surface area (Å²) in [5.41, 5.74) is 8.27. The van der Waals surface area contributed by atoms with Gasteiger partial charge in [0.2, 0.25) is 0 Å². The van der Waals surface area contributed by atoms with Crippen LogP contribution in [-0.2, 0) is 6.54 Å². The lowest BCUT2D eigenvalue weighted by molar-refractivity contribution is 0.112. The first-order valence-electron chi connectivity index (χ1n) is 6.12. The fourth-order valence-electron chi connectivity index (χ4n) is 1.96. The quantitative estimate of drug-likeness (QED) is 0.608. The molecule has 1 unspecified atom stereocenters. The molecule has 94 valence electrons. The molecule has 1 rings (SSSR count). The summed E-state index contributed by atoms with van der Waals surface area (Å²) >= 11 is 0. The van der Waals surface area contributed by atoms with Crippen LogP contribution in [0.3, 0.4) is 0 Å². The van der Waals surface area contributed by atoms with Crippen LogP contribution in [0.25, 0.3) is 0 Å². The minimum atomic E-state index is 0.499. The summed E-state index contributed by atoms with van der Waals surface area (Å²) in [4.78, 5) is 13.2. The molecule has 0 heterocycles. The lowest BCUT2D eigenvalue weighted by atomic mass is 10.0. The number of carbonyl (C=O) groups excluding carboxylic acids is 1. The average Bonchev–Trinajstić information content (AvgIpc) is 2.31. The number of nitrogens with two attached hydrogens (primary N) is 1. The SMILES string of the molecule is CCCC(C)N(C)Cc1c(N)cccc1C=O. The van der Waals surface area contributed by atoms with E-state index in [4.69, 9.17) is 5.73 Å². The van der Waals surface area contributed by atoms with Crippen molar-refractivity contribution >= 4 is 12.0 Å². The molecular weight excluding hydrogens is 212 g/mol. The summed E-state index contributed by atoms with van der Waals surface area (Å²) in [5, 5.41) is 0. The van der Waals surface area contributed by atoms with E-state index in [2.05, 4.69) is 25.8 Å². The zero-order valence-corrected chi connectivity index (χ0v) is 10.9. The van der Waals surface area contributed by atoms with Gasteiger partial charge < -0.3 is 5.73 Å². The van der Waals surface area contributed by atoms with Gasteiger partial charge in [0, 0.05) is 23.8 Å². The first kappa shape index (κ1) is 13.7. The number of nitrogens with zero attached hydrogens (tertiary/aromatic N) is 1. The van der Waals surface area contributed by atoms with E-state index in [1.807, 2.05) is 18.2 Å². The van der Waals surface area contributed by atoms with E-state index in [0.29, 0.717) is 17.3 Å². The maximum absolute atomic E-state index is 11.0. The van der Waals surface area contributed by atoms with Gasteiger partial charge in [-0.3, -0.25) is 9.69 Å². The predicted octanol–water partition coefficient (Wildman–Crippen LogP) is 2.70. The largest absolute Gasteiger partial charge is 0.398 e. The molecule has 3 heteroatoms. The van der Waals surface area contributed by atoms with Gasteiger partial charge in [0.05, 0.1) is 0 Å². The molecule has 2 N–H and O–H groups in total. The van der Waals surface area contributed by atoms with Crippen LogP contribution in [-0.4, -0.2) is 24.3 Å². The fraction of sp³-hybridized carbons (Fsp3) is 0.500. The highest BCUT2D eigenvalue weighted by Gasteiger charge is 2.12. The van der Waals surface area contributed by atoms with Crippen LogP contribution in [0, 0.1) is 0 Å². The second-order valence-corrected chi connectivity index (χ2v) is 4.59. The summed E-state index contributed by atoms with van der Waals surface area (Å²) in [6, 6.07) is 5.98. The third kappa shape index (κ3) is 3.56. The topological polar surface area (TPSA) is 46.3 Å². The van der Waals surface area contributed by atoms with Crippen molar-refractivity contribution in [1.82, 2.24) is 4.90 Å². The molecule has 0 spiro atoms. The van der Waals surface area contributed by atoms with E-state index >= 15 is 0 Å². The summed E-state index contributed by atoms with van der Waals surface area (Å²) in [6.45, 7) is 5.10. The summed E-state index contributed by atoms with van der Waals surface area (Å²) in [7, 11) is 2.07. The van der Waals surface area contributed by atoms with E-state index in [1.165, 1.54) is 0 Å². The highest BCUT2D eigenvalue weighted by Crippen LogP contribution is 2.19. The van der Waals surface area contributed by atoms with E-state index < -0.39 is 0 Å². The number of rotatable bonds is 6. The summed E-state index contributed by atoms with van der Waals surface area (Å²) in [5.74, 6) is 0. The van der Waals surface area contributed by atoms with Crippen LogP contribution in [0.15, 0.2) is 18.2 Å². The number of anilines is 1. The Morgan fingerprint density at radius 2 is 2.18 bits per heavy atom. The lowest BCUT2D eigenvalue weighted by Gasteiger charge is -2.25. The molecule has 0 aliphatic rings. The van der Waals surface area contributed by atoms with Crippen LogP contribution in [0.5, 0.6) is 0 Å². The zero-order valence-electron chi connectivity index (χ0n) is 10.9. The first-order chi connectivity index (χ1) is 8.10. The van der Waals surface area contributed by atoms with Crippen LogP contribution in [0.4, 0.5) is 5.69 Å². The maximum Gasteiger partial charge on any atom is 0.150 e. The van der Waals surface area contributed by atoms with Crippen LogP contribution >= 0.6 is 0 Å². The molecule has 1 atom stereocenters. The van der Waals surface area contributed by atoms with Gasteiger partial charge in [-0.05, 0) is 32.0 Å². The molecule has 0 aromatic heterocycles. The molecule has 0 bridgehead atoms. The highest BCUT2D eigenvalue weighted by atomic mass is 16.1. The van der Waals surface area contributed by atoms with Crippen LogP contribution in [0.1, 0.15) is 42.6 Å². The van der Waals surface area contributed by atoms with Gasteiger partial charge in [-0.25, -0.2) is 0 Å². The molecule has 0 radical (unpaired) electrons. The minimum Gasteiger partial charge on any atom is -0.398 e. The van der Waals surface area contributed by atoms with Crippen molar-refractivity contribution in [3.63, 3.8) is 0 Å². The van der Waals surface area contributed by atoms with Crippen molar-refractivity contribution in [2.24, 2.45) is 0 Å². The molecule has 0 aliphatic heterocycles. The molecule has 0 fully saturated rings. The average molecular weight is 234 g/mol. The number of carbonyl (C=O) groups is 1. The Balaban J connectivity index is 2.83. The summed E-state index contributed by atoms with van der Waals surface area (Å²) < 4.78 is 0. The number of nitrogen functional groups attached to an aromatic ring is 1. The Labute approximate surface area is 104 Å². The Hall–Kier alpha value is -1.35. The monoisotopic (exact) mass is 234 g/mol. The normalized spacial score (nSPS) is 12.7. The van der Waals surface area contributed by atoms with Crippen molar-refractivity contribution in [3.8, 4) is 0 Å². The van der Waals surface area contributed by atoms with Crippen molar-refractivity contribution < 1.29 is 4.79 Å². The van der Waals surface area contributed by atoms with Gasteiger partial charge in [-0.1, -0.05) is 25.5 Å². The zero-order chi connectivity index (χ0) is 12.8. The number of aldehydes is 1. The number of benzene rings is 1. The second kappa shape index (κ2) is 6.40. The third-order valence-electron chi connectivity index (χ3n) is 3.24. The molecule has 0 amide bonds. The second-order valence-electron chi connectivity index (χ2n) is 4.59. The number of hydrogen-bond donors (Lipinski definition) is 1. The summed E-state index contributed by atoms with van der Waals surface area (Å²) in [6.07, 6.45) is 3.19. The lowest BCUT2D eigenvalue weighted by Crippen LogP contribution is -2.29.